The van der Waals surface area contributed by atoms with Crippen LogP contribution in [0, 0.1) is 0 Å². The third-order valence-electron chi connectivity index (χ3n) is 3.51. The molecule has 1 heterocycles. The number of thiocarbonyl (C=S) groups is 1. The van der Waals surface area contributed by atoms with Gasteiger partial charge in [0.05, 0.1) is 6.04 Å². The molecule has 1 atom stereocenters. The lowest BCUT2D eigenvalue weighted by Gasteiger charge is -2.17. The normalized spacial score (nSPS) is 11.5. The Morgan fingerprint density at radius 3 is 2.38 bits per heavy atom. The second-order valence-corrected chi connectivity index (χ2v) is 6.29. The minimum absolute atomic E-state index is 0.0374. The summed E-state index contributed by atoms with van der Waals surface area (Å²) in [4.78, 5) is 8.42. The van der Waals surface area contributed by atoms with Crippen molar-refractivity contribution in [2.45, 2.75) is 13.0 Å². The largest absolute Gasteiger partial charge is 0.439 e. The fourth-order valence-corrected chi connectivity index (χ4v) is 2.72. The highest BCUT2D eigenvalue weighted by Gasteiger charge is 2.10. The first-order valence-electron chi connectivity index (χ1n) is 8.00. The summed E-state index contributed by atoms with van der Waals surface area (Å²) < 4.78 is 5.69. The molecule has 0 saturated carbocycles. The van der Waals surface area contributed by atoms with Crippen LogP contribution in [0.4, 0.5) is 5.95 Å². The van der Waals surface area contributed by atoms with Crippen LogP contribution >= 0.6 is 23.8 Å². The van der Waals surface area contributed by atoms with E-state index in [-0.39, 0.29) is 17.1 Å². The second kappa shape index (κ2) is 8.60. The molecule has 2 aromatic carbocycles. The molecule has 1 aromatic heterocycles. The SMILES string of the molecule is CC(NC(=S)Nc1nc(Cl)cc(Oc2ccccc2)n1)c1ccccc1. The van der Waals surface area contributed by atoms with Crippen LogP contribution in [-0.2, 0) is 0 Å². The summed E-state index contributed by atoms with van der Waals surface area (Å²) in [7, 11) is 0. The molecule has 0 fully saturated rings. The fraction of sp³-hybridized carbons (Fsp3) is 0.105. The molecule has 0 aliphatic carbocycles. The number of benzene rings is 2. The second-order valence-electron chi connectivity index (χ2n) is 5.50. The van der Waals surface area contributed by atoms with Crippen molar-refractivity contribution in [3.8, 4) is 11.6 Å². The molecule has 0 amide bonds. The summed E-state index contributed by atoms with van der Waals surface area (Å²) in [5, 5.41) is 6.79. The smallest absolute Gasteiger partial charge is 0.233 e. The third-order valence-corrected chi connectivity index (χ3v) is 3.92. The number of rotatable bonds is 5. The molecule has 0 bridgehead atoms. The van der Waals surface area contributed by atoms with E-state index in [4.69, 9.17) is 28.6 Å². The minimum Gasteiger partial charge on any atom is -0.439 e. The average molecular weight is 385 g/mol. The Morgan fingerprint density at radius 2 is 1.69 bits per heavy atom. The number of halogens is 1. The lowest BCUT2D eigenvalue weighted by molar-refractivity contribution is 0.462. The van der Waals surface area contributed by atoms with Gasteiger partial charge >= 0.3 is 0 Å². The summed E-state index contributed by atoms with van der Waals surface area (Å²) in [6, 6.07) is 20.9. The van der Waals surface area contributed by atoms with Gasteiger partial charge in [-0.05, 0) is 36.8 Å². The molecule has 0 radical (unpaired) electrons. The Balaban J connectivity index is 1.66. The lowest BCUT2D eigenvalue weighted by atomic mass is 10.1. The number of nitrogens with zero attached hydrogens (tertiary/aromatic N) is 2. The average Bonchev–Trinajstić information content (AvgIpc) is 2.62. The Morgan fingerprint density at radius 1 is 1.04 bits per heavy atom. The first-order valence-corrected chi connectivity index (χ1v) is 8.79. The fourth-order valence-electron chi connectivity index (χ4n) is 2.27. The molecular weight excluding hydrogens is 368 g/mol. The topological polar surface area (TPSA) is 59.1 Å². The molecule has 0 aliphatic heterocycles. The Labute approximate surface area is 162 Å². The van der Waals surface area contributed by atoms with Crippen molar-refractivity contribution < 1.29 is 4.74 Å². The maximum Gasteiger partial charge on any atom is 0.233 e. The van der Waals surface area contributed by atoms with Gasteiger partial charge in [0.15, 0.2) is 5.11 Å². The molecule has 5 nitrogen and oxygen atoms in total. The van der Waals surface area contributed by atoms with Gasteiger partial charge in [0.25, 0.3) is 0 Å². The van der Waals surface area contributed by atoms with Crippen molar-refractivity contribution in [3.63, 3.8) is 0 Å². The zero-order valence-electron chi connectivity index (χ0n) is 14.0. The van der Waals surface area contributed by atoms with Crippen molar-refractivity contribution in [2.24, 2.45) is 0 Å². The number of hydrogen-bond donors (Lipinski definition) is 2. The molecule has 7 heteroatoms. The first-order chi connectivity index (χ1) is 12.6. The molecule has 0 saturated heterocycles. The Hall–Kier alpha value is -2.70. The van der Waals surface area contributed by atoms with E-state index < -0.39 is 0 Å². The van der Waals surface area contributed by atoms with Crippen molar-refractivity contribution in [1.82, 2.24) is 15.3 Å². The molecule has 0 aliphatic rings. The number of para-hydroxylation sites is 1. The summed E-state index contributed by atoms with van der Waals surface area (Å²) in [5.74, 6) is 1.26. The Bertz CT molecular complexity index is 877. The number of hydrogen-bond acceptors (Lipinski definition) is 4. The molecule has 132 valence electrons. The third kappa shape index (κ3) is 5.15. The monoisotopic (exact) mass is 384 g/mol. The van der Waals surface area contributed by atoms with Gasteiger partial charge in [-0.1, -0.05) is 60.1 Å². The highest BCUT2D eigenvalue weighted by molar-refractivity contribution is 7.80. The van der Waals surface area contributed by atoms with Crippen molar-refractivity contribution >= 4 is 34.9 Å². The standard InChI is InChI=1S/C19H17ClN4OS/c1-13(14-8-4-2-5-9-14)21-19(26)24-18-22-16(20)12-17(23-18)25-15-10-6-3-7-11-15/h2-13H,1H3,(H2,21,22,23,24,26). The van der Waals surface area contributed by atoms with Crippen LogP contribution in [-0.4, -0.2) is 15.1 Å². The van der Waals surface area contributed by atoms with Crippen LogP contribution in [0.2, 0.25) is 5.15 Å². The van der Waals surface area contributed by atoms with E-state index in [0.29, 0.717) is 16.7 Å². The molecule has 3 rings (SSSR count). The maximum absolute atomic E-state index is 6.07. The van der Waals surface area contributed by atoms with Crippen molar-refractivity contribution in [1.29, 1.82) is 0 Å². The molecule has 1 unspecified atom stereocenters. The minimum atomic E-state index is 0.0374. The van der Waals surface area contributed by atoms with Crippen LogP contribution in [0.5, 0.6) is 11.6 Å². The number of ether oxygens (including phenoxy) is 1. The van der Waals surface area contributed by atoms with E-state index in [2.05, 4.69) is 20.6 Å². The quantitative estimate of drug-likeness (QED) is 0.478. The van der Waals surface area contributed by atoms with Crippen molar-refractivity contribution in [3.05, 3.63) is 77.4 Å². The van der Waals surface area contributed by atoms with Crippen LogP contribution in [0.1, 0.15) is 18.5 Å². The van der Waals surface area contributed by atoms with Gasteiger partial charge in [0.2, 0.25) is 11.8 Å². The van der Waals surface area contributed by atoms with Gasteiger partial charge in [-0.25, -0.2) is 4.98 Å². The summed E-state index contributed by atoms with van der Waals surface area (Å²) in [6.45, 7) is 2.02. The van der Waals surface area contributed by atoms with Gasteiger partial charge in [-0.2, -0.15) is 4.98 Å². The van der Waals surface area contributed by atoms with Gasteiger partial charge < -0.3 is 15.4 Å². The number of aromatic nitrogens is 2. The van der Waals surface area contributed by atoms with Crippen LogP contribution < -0.4 is 15.4 Å². The van der Waals surface area contributed by atoms with Gasteiger partial charge in [-0.3, -0.25) is 0 Å². The summed E-state index contributed by atoms with van der Waals surface area (Å²) >= 11 is 11.4. The molecule has 26 heavy (non-hydrogen) atoms. The molecule has 2 N–H and O–H groups in total. The van der Waals surface area contributed by atoms with Gasteiger partial charge in [0, 0.05) is 6.07 Å². The van der Waals surface area contributed by atoms with Crippen LogP contribution in [0.25, 0.3) is 0 Å². The Kier molecular flexibility index (Phi) is 5.99. The van der Waals surface area contributed by atoms with Crippen LogP contribution in [0.3, 0.4) is 0 Å². The number of nitrogens with one attached hydrogen (secondary N) is 2. The summed E-state index contributed by atoms with van der Waals surface area (Å²) in [6.07, 6.45) is 0. The van der Waals surface area contributed by atoms with Crippen molar-refractivity contribution in [2.75, 3.05) is 5.32 Å². The molecule has 0 spiro atoms. The zero-order valence-corrected chi connectivity index (χ0v) is 15.6. The summed E-state index contributed by atoms with van der Waals surface area (Å²) in [5.41, 5.74) is 1.12. The molecular formula is C19H17ClN4OS. The lowest BCUT2D eigenvalue weighted by Crippen LogP contribution is -2.31. The van der Waals surface area contributed by atoms with E-state index >= 15 is 0 Å². The van der Waals surface area contributed by atoms with E-state index in [9.17, 15) is 0 Å². The maximum atomic E-state index is 6.07. The zero-order chi connectivity index (χ0) is 18.4. The van der Waals surface area contributed by atoms with Gasteiger partial charge in [0.1, 0.15) is 10.9 Å². The number of anilines is 1. The first kappa shape index (κ1) is 18.1. The highest BCUT2D eigenvalue weighted by Crippen LogP contribution is 2.22. The van der Waals surface area contributed by atoms with E-state index in [1.807, 2.05) is 67.6 Å². The van der Waals surface area contributed by atoms with Crippen LogP contribution in [0.15, 0.2) is 66.7 Å². The highest BCUT2D eigenvalue weighted by atomic mass is 35.5. The van der Waals surface area contributed by atoms with Gasteiger partial charge in [-0.15, -0.1) is 0 Å². The van der Waals surface area contributed by atoms with E-state index in [0.717, 1.165) is 5.56 Å². The van der Waals surface area contributed by atoms with E-state index in [1.165, 1.54) is 0 Å². The predicted octanol–water partition coefficient (Wildman–Crippen LogP) is 4.97. The molecule has 3 aromatic rings. The van der Waals surface area contributed by atoms with E-state index in [1.54, 1.807) is 6.07 Å². The predicted molar refractivity (Wildman–Crippen MR) is 108 cm³/mol.